The Morgan fingerprint density at radius 1 is 1.15 bits per heavy atom. The van der Waals surface area contributed by atoms with Gasteiger partial charge in [-0.3, -0.25) is 4.79 Å². The number of aromatic nitrogens is 3. The second-order valence-corrected chi connectivity index (χ2v) is 7.64. The van der Waals surface area contributed by atoms with Gasteiger partial charge in [-0.25, -0.2) is 0 Å². The molecule has 0 spiro atoms. The fourth-order valence-corrected chi connectivity index (χ4v) is 3.68. The second-order valence-electron chi connectivity index (χ2n) is 5.89. The molecule has 0 aliphatic heterocycles. The van der Waals surface area contributed by atoms with Crippen molar-refractivity contribution in [3.8, 4) is 11.4 Å². The van der Waals surface area contributed by atoms with E-state index in [1.165, 1.54) is 11.8 Å². The molecule has 2 aromatic carbocycles. The van der Waals surface area contributed by atoms with E-state index in [2.05, 4.69) is 21.6 Å². The third-order valence-electron chi connectivity index (χ3n) is 3.85. The first-order valence-corrected chi connectivity index (χ1v) is 10.1. The quantitative estimate of drug-likeness (QED) is 0.548. The molecule has 0 saturated carbocycles. The van der Waals surface area contributed by atoms with E-state index in [1.807, 2.05) is 36.6 Å². The minimum atomic E-state index is -0.152. The normalized spacial score (nSPS) is 10.8. The number of nitrogens with one attached hydrogen (secondary N) is 1. The molecule has 5 nitrogen and oxygen atoms in total. The minimum absolute atomic E-state index is 0.152. The number of halogens is 2. The van der Waals surface area contributed by atoms with Crippen molar-refractivity contribution >= 4 is 46.6 Å². The Morgan fingerprint density at radius 2 is 1.96 bits per heavy atom. The lowest BCUT2D eigenvalue weighted by atomic mass is 10.1. The summed E-state index contributed by atoms with van der Waals surface area (Å²) in [5.74, 6) is 0.862. The fourth-order valence-electron chi connectivity index (χ4n) is 2.58. The molecule has 0 radical (unpaired) electrons. The van der Waals surface area contributed by atoms with Gasteiger partial charge in [0, 0.05) is 17.8 Å². The summed E-state index contributed by atoms with van der Waals surface area (Å²) in [6, 6.07) is 13.1. The lowest BCUT2D eigenvalue weighted by Gasteiger charge is -2.08. The zero-order valence-electron chi connectivity index (χ0n) is 14.9. The van der Waals surface area contributed by atoms with Crippen molar-refractivity contribution < 1.29 is 4.79 Å². The Morgan fingerprint density at radius 3 is 2.67 bits per heavy atom. The second kappa shape index (κ2) is 8.78. The smallest absolute Gasteiger partial charge is 0.234 e. The molecule has 0 bridgehead atoms. The molecule has 0 saturated heterocycles. The largest absolute Gasteiger partial charge is 0.325 e. The topological polar surface area (TPSA) is 59.8 Å². The van der Waals surface area contributed by atoms with Crippen LogP contribution in [0, 0.1) is 6.92 Å². The highest BCUT2D eigenvalue weighted by Crippen LogP contribution is 2.26. The number of thioether (sulfide) groups is 1. The Labute approximate surface area is 172 Å². The first-order valence-electron chi connectivity index (χ1n) is 8.36. The van der Waals surface area contributed by atoms with E-state index in [4.69, 9.17) is 23.2 Å². The summed E-state index contributed by atoms with van der Waals surface area (Å²) in [4.78, 5) is 12.2. The molecule has 1 aromatic heterocycles. The number of aryl methyl sites for hydroxylation is 1. The molecular weight excluding hydrogens is 403 g/mol. The number of carbonyl (C=O) groups is 1. The van der Waals surface area contributed by atoms with Crippen molar-refractivity contribution in [3.05, 3.63) is 58.1 Å². The minimum Gasteiger partial charge on any atom is -0.325 e. The average Bonchev–Trinajstić information content (AvgIpc) is 3.06. The average molecular weight is 421 g/mol. The van der Waals surface area contributed by atoms with E-state index < -0.39 is 0 Å². The molecule has 27 heavy (non-hydrogen) atoms. The number of rotatable bonds is 6. The van der Waals surface area contributed by atoms with Crippen LogP contribution < -0.4 is 5.32 Å². The molecule has 140 valence electrons. The van der Waals surface area contributed by atoms with E-state index in [-0.39, 0.29) is 11.7 Å². The van der Waals surface area contributed by atoms with Gasteiger partial charge in [0.2, 0.25) is 5.91 Å². The maximum absolute atomic E-state index is 12.2. The van der Waals surface area contributed by atoms with Crippen molar-refractivity contribution in [1.29, 1.82) is 0 Å². The molecule has 0 aliphatic carbocycles. The highest BCUT2D eigenvalue weighted by Gasteiger charge is 2.15. The summed E-state index contributed by atoms with van der Waals surface area (Å²) >= 11 is 13.2. The number of anilines is 1. The lowest BCUT2D eigenvalue weighted by molar-refractivity contribution is -0.113. The maximum atomic E-state index is 12.2. The van der Waals surface area contributed by atoms with Crippen LogP contribution in [0.25, 0.3) is 11.4 Å². The van der Waals surface area contributed by atoms with E-state index in [1.54, 1.807) is 18.2 Å². The van der Waals surface area contributed by atoms with Crippen LogP contribution in [0.1, 0.15) is 12.5 Å². The van der Waals surface area contributed by atoms with E-state index >= 15 is 0 Å². The molecule has 3 rings (SSSR count). The summed E-state index contributed by atoms with van der Waals surface area (Å²) in [5, 5.41) is 12.9. The zero-order chi connectivity index (χ0) is 19.4. The van der Waals surface area contributed by atoms with Gasteiger partial charge in [-0.2, -0.15) is 0 Å². The van der Waals surface area contributed by atoms with Crippen molar-refractivity contribution in [2.24, 2.45) is 0 Å². The first-order chi connectivity index (χ1) is 13.0. The number of carbonyl (C=O) groups excluding carboxylic acids is 1. The van der Waals surface area contributed by atoms with Crippen molar-refractivity contribution in [1.82, 2.24) is 14.8 Å². The predicted molar refractivity (Wildman–Crippen MR) is 112 cm³/mol. The van der Waals surface area contributed by atoms with Crippen LogP contribution in [-0.4, -0.2) is 26.4 Å². The molecule has 0 unspecified atom stereocenters. The van der Waals surface area contributed by atoms with Gasteiger partial charge in [-0.1, -0.05) is 58.7 Å². The highest BCUT2D eigenvalue weighted by molar-refractivity contribution is 7.99. The Bertz CT molecular complexity index is 974. The van der Waals surface area contributed by atoms with E-state index in [0.717, 1.165) is 17.0 Å². The van der Waals surface area contributed by atoms with Crippen LogP contribution in [0.3, 0.4) is 0 Å². The van der Waals surface area contributed by atoms with Crippen LogP contribution in [0.15, 0.2) is 47.6 Å². The molecule has 0 fully saturated rings. The van der Waals surface area contributed by atoms with Gasteiger partial charge in [0.25, 0.3) is 0 Å². The molecular formula is C19H18Cl2N4OS. The Hall–Kier alpha value is -2.02. The fraction of sp³-hybridized carbons (Fsp3) is 0.211. The molecule has 0 atom stereocenters. The highest BCUT2D eigenvalue weighted by atomic mass is 35.5. The van der Waals surface area contributed by atoms with Gasteiger partial charge in [0.05, 0.1) is 15.8 Å². The van der Waals surface area contributed by atoms with Gasteiger partial charge in [-0.15, -0.1) is 10.2 Å². The summed E-state index contributed by atoms with van der Waals surface area (Å²) in [6.07, 6.45) is 0. The standard InChI is InChI=1S/C19H18Cl2N4OS/c1-3-25-18(13-6-4-5-12(2)9-13)23-24-19(25)27-11-17(26)22-14-7-8-15(20)16(21)10-14/h4-10H,3,11H2,1-2H3,(H,22,26). The first kappa shape index (κ1) is 19.7. The number of hydrogen-bond acceptors (Lipinski definition) is 4. The monoisotopic (exact) mass is 420 g/mol. The Kier molecular flexibility index (Phi) is 6.42. The van der Waals surface area contributed by atoms with Gasteiger partial charge >= 0.3 is 0 Å². The van der Waals surface area contributed by atoms with Crippen molar-refractivity contribution in [2.45, 2.75) is 25.5 Å². The number of hydrogen-bond donors (Lipinski definition) is 1. The molecule has 1 heterocycles. The third kappa shape index (κ3) is 4.83. The zero-order valence-corrected chi connectivity index (χ0v) is 17.2. The van der Waals surface area contributed by atoms with Crippen LogP contribution >= 0.6 is 35.0 Å². The predicted octanol–water partition coefficient (Wildman–Crippen LogP) is 5.31. The Balaban J connectivity index is 1.69. The molecule has 3 aromatic rings. The van der Waals surface area contributed by atoms with Crippen molar-refractivity contribution in [2.75, 3.05) is 11.1 Å². The summed E-state index contributed by atoms with van der Waals surface area (Å²) < 4.78 is 2.01. The summed E-state index contributed by atoms with van der Waals surface area (Å²) in [7, 11) is 0. The van der Waals surface area contributed by atoms with E-state index in [9.17, 15) is 4.79 Å². The maximum Gasteiger partial charge on any atom is 0.234 e. The van der Waals surface area contributed by atoms with Gasteiger partial charge in [-0.05, 0) is 38.1 Å². The van der Waals surface area contributed by atoms with Gasteiger partial charge < -0.3 is 9.88 Å². The SMILES string of the molecule is CCn1c(SCC(=O)Nc2ccc(Cl)c(Cl)c2)nnc1-c1cccc(C)c1. The third-order valence-corrected chi connectivity index (χ3v) is 5.55. The number of benzene rings is 2. The molecule has 1 amide bonds. The van der Waals surface area contributed by atoms with E-state index in [0.29, 0.717) is 27.4 Å². The van der Waals surface area contributed by atoms with Crippen LogP contribution in [0.4, 0.5) is 5.69 Å². The number of amides is 1. The summed E-state index contributed by atoms with van der Waals surface area (Å²) in [6.45, 7) is 4.79. The van der Waals surface area contributed by atoms with Gasteiger partial charge in [0.1, 0.15) is 0 Å². The van der Waals surface area contributed by atoms with Crippen LogP contribution in [-0.2, 0) is 11.3 Å². The summed E-state index contributed by atoms with van der Waals surface area (Å²) in [5.41, 5.74) is 2.78. The lowest BCUT2D eigenvalue weighted by Crippen LogP contribution is -2.14. The molecule has 1 N–H and O–H groups in total. The van der Waals surface area contributed by atoms with Crippen molar-refractivity contribution in [3.63, 3.8) is 0 Å². The van der Waals surface area contributed by atoms with Gasteiger partial charge in [0.15, 0.2) is 11.0 Å². The molecule has 0 aliphatic rings. The van der Waals surface area contributed by atoms with Crippen LogP contribution in [0.5, 0.6) is 0 Å². The molecule has 8 heteroatoms. The van der Waals surface area contributed by atoms with Crippen LogP contribution in [0.2, 0.25) is 10.0 Å². The number of nitrogens with zero attached hydrogens (tertiary/aromatic N) is 3.